The van der Waals surface area contributed by atoms with Crippen molar-refractivity contribution < 1.29 is 9.15 Å². The number of ether oxygens (including phenoxy) is 1. The number of hydrogen-bond acceptors (Lipinski definition) is 2. The maximum atomic E-state index is 6.09. The highest BCUT2D eigenvalue weighted by atomic mass is 16.5. The summed E-state index contributed by atoms with van der Waals surface area (Å²) < 4.78 is 11.6. The van der Waals surface area contributed by atoms with Gasteiger partial charge in [0.05, 0.1) is 7.11 Å². The topological polar surface area (TPSA) is 22.4 Å². The number of allylic oxidation sites excluding steroid dienone is 1. The van der Waals surface area contributed by atoms with Crippen molar-refractivity contribution in [1.82, 2.24) is 0 Å². The van der Waals surface area contributed by atoms with Crippen molar-refractivity contribution >= 4 is 17.0 Å². The van der Waals surface area contributed by atoms with Gasteiger partial charge in [0.15, 0.2) is 11.3 Å². The van der Waals surface area contributed by atoms with E-state index in [1.54, 1.807) is 7.11 Å². The fourth-order valence-electron chi connectivity index (χ4n) is 2.61. The molecule has 2 nitrogen and oxygen atoms in total. The highest BCUT2D eigenvalue weighted by Gasteiger charge is 2.16. The van der Waals surface area contributed by atoms with Crippen LogP contribution in [0.15, 0.2) is 53.0 Å². The lowest BCUT2D eigenvalue weighted by molar-refractivity contribution is 0.411. The molecule has 0 saturated heterocycles. The largest absolute Gasteiger partial charge is 0.493 e. The summed E-state index contributed by atoms with van der Waals surface area (Å²) in [5, 5.41) is 1.10. The number of methoxy groups -OCH3 is 1. The van der Waals surface area contributed by atoms with Gasteiger partial charge in [0, 0.05) is 16.5 Å². The van der Waals surface area contributed by atoms with Gasteiger partial charge in [0.25, 0.3) is 0 Å². The lowest BCUT2D eigenvalue weighted by Crippen LogP contribution is -1.85. The van der Waals surface area contributed by atoms with E-state index in [1.807, 2.05) is 37.3 Å². The summed E-state index contributed by atoms with van der Waals surface area (Å²) >= 11 is 0. The number of benzene rings is 2. The summed E-state index contributed by atoms with van der Waals surface area (Å²) in [4.78, 5) is 0. The Balaban J connectivity index is 2.29. The lowest BCUT2D eigenvalue weighted by atomic mass is 10.0. The van der Waals surface area contributed by atoms with Gasteiger partial charge in [-0.1, -0.05) is 42.5 Å². The summed E-state index contributed by atoms with van der Waals surface area (Å²) in [6, 6.07) is 14.3. The molecule has 0 unspecified atom stereocenters. The smallest absolute Gasteiger partial charge is 0.176 e. The normalized spacial score (nSPS) is 11.4. The molecule has 2 heteroatoms. The van der Waals surface area contributed by atoms with Crippen molar-refractivity contribution in [1.29, 1.82) is 0 Å². The summed E-state index contributed by atoms with van der Waals surface area (Å²) in [6.07, 6.45) is 4.09. The molecule has 3 aromatic rings. The van der Waals surface area contributed by atoms with E-state index in [-0.39, 0.29) is 0 Å². The fraction of sp³-hybridized carbons (Fsp3) is 0.158. The Morgan fingerprint density at radius 2 is 1.86 bits per heavy atom. The van der Waals surface area contributed by atoms with Crippen LogP contribution in [0.3, 0.4) is 0 Å². The van der Waals surface area contributed by atoms with E-state index in [0.717, 1.165) is 39.2 Å². The van der Waals surface area contributed by atoms with Gasteiger partial charge < -0.3 is 9.15 Å². The number of aryl methyl sites for hydroxylation is 1. The molecule has 21 heavy (non-hydrogen) atoms. The van der Waals surface area contributed by atoms with Gasteiger partial charge >= 0.3 is 0 Å². The minimum Gasteiger partial charge on any atom is -0.493 e. The van der Waals surface area contributed by atoms with Gasteiger partial charge in [-0.05, 0) is 31.5 Å². The molecule has 0 amide bonds. The highest BCUT2D eigenvalue weighted by molar-refractivity contribution is 5.93. The molecule has 0 aliphatic heterocycles. The molecule has 3 rings (SSSR count). The molecule has 106 valence electrons. The van der Waals surface area contributed by atoms with Gasteiger partial charge in [-0.25, -0.2) is 0 Å². The van der Waals surface area contributed by atoms with Crippen LogP contribution in [0.4, 0.5) is 0 Å². The van der Waals surface area contributed by atoms with Crippen LogP contribution in [0.5, 0.6) is 5.75 Å². The van der Waals surface area contributed by atoms with Gasteiger partial charge in [-0.2, -0.15) is 0 Å². The molecule has 0 saturated carbocycles. The molecule has 0 radical (unpaired) electrons. The first-order chi connectivity index (χ1) is 10.2. The molecular formula is C19H18O2. The monoisotopic (exact) mass is 278 g/mol. The Labute approximate surface area is 124 Å². The van der Waals surface area contributed by atoms with Crippen LogP contribution in [0.1, 0.15) is 18.1 Å². The first-order valence-corrected chi connectivity index (χ1v) is 7.04. The minimum absolute atomic E-state index is 0.769. The van der Waals surface area contributed by atoms with Crippen LogP contribution in [0.25, 0.3) is 28.4 Å². The summed E-state index contributed by atoms with van der Waals surface area (Å²) in [5.41, 5.74) is 4.15. The minimum atomic E-state index is 0.769. The Kier molecular flexibility index (Phi) is 3.53. The van der Waals surface area contributed by atoms with Gasteiger partial charge in [-0.15, -0.1) is 0 Å². The van der Waals surface area contributed by atoms with Crippen LogP contribution in [-0.4, -0.2) is 7.11 Å². The Morgan fingerprint density at radius 3 is 2.52 bits per heavy atom. The van der Waals surface area contributed by atoms with Crippen LogP contribution in [0, 0.1) is 6.92 Å². The van der Waals surface area contributed by atoms with E-state index < -0.39 is 0 Å². The molecule has 0 aliphatic carbocycles. The maximum absolute atomic E-state index is 6.09. The van der Waals surface area contributed by atoms with E-state index in [9.17, 15) is 0 Å². The number of rotatable bonds is 3. The average molecular weight is 278 g/mol. The van der Waals surface area contributed by atoms with Crippen molar-refractivity contribution in [2.45, 2.75) is 13.8 Å². The first-order valence-electron chi connectivity index (χ1n) is 7.04. The fourth-order valence-corrected chi connectivity index (χ4v) is 2.61. The SMILES string of the molecule is C/C=C/c1cc(OC)c2oc(-c3ccccc3)c(C)c2c1. The molecule has 0 N–H and O–H groups in total. The van der Waals surface area contributed by atoms with Gasteiger partial charge in [-0.3, -0.25) is 0 Å². The van der Waals surface area contributed by atoms with Crippen LogP contribution >= 0.6 is 0 Å². The van der Waals surface area contributed by atoms with Crippen molar-refractivity contribution in [3.63, 3.8) is 0 Å². The van der Waals surface area contributed by atoms with Crippen molar-refractivity contribution in [3.05, 3.63) is 59.7 Å². The molecule has 1 aromatic heterocycles. The van der Waals surface area contributed by atoms with E-state index in [4.69, 9.17) is 9.15 Å². The van der Waals surface area contributed by atoms with Crippen molar-refractivity contribution in [2.75, 3.05) is 7.11 Å². The standard InChI is InChI=1S/C19H18O2/c1-4-8-14-11-16-13(2)18(15-9-6-5-7-10-15)21-19(16)17(12-14)20-3/h4-12H,1-3H3/b8-4+. The Morgan fingerprint density at radius 1 is 1.10 bits per heavy atom. The van der Waals surface area contributed by atoms with Crippen LogP contribution in [0.2, 0.25) is 0 Å². The molecule has 0 atom stereocenters. The first kappa shape index (κ1) is 13.5. The van der Waals surface area contributed by atoms with Gasteiger partial charge in [0.1, 0.15) is 5.76 Å². The molecular weight excluding hydrogens is 260 g/mol. The molecule has 0 bridgehead atoms. The maximum Gasteiger partial charge on any atom is 0.176 e. The summed E-state index contributed by atoms with van der Waals surface area (Å²) in [7, 11) is 1.67. The number of hydrogen-bond donors (Lipinski definition) is 0. The molecule has 2 aromatic carbocycles. The van der Waals surface area contributed by atoms with Crippen LogP contribution in [-0.2, 0) is 0 Å². The van der Waals surface area contributed by atoms with Gasteiger partial charge in [0.2, 0.25) is 0 Å². The van der Waals surface area contributed by atoms with E-state index >= 15 is 0 Å². The third-order valence-corrected chi connectivity index (χ3v) is 3.64. The molecule has 1 heterocycles. The Bertz CT molecular complexity index is 795. The zero-order valence-electron chi connectivity index (χ0n) is 12.5. The lowest BCUT2D eigenvalue weighted by Gasteiger charge is -2.02. The summed E-state index contributed by atoms with van der Waals surface area (Å²) in [6.45, 7) is 4.10. The zero-order valence-corrected chi connectivity index (χ0v) is 12.5. The van der Waals surface area contributed by atoms with E-state index in [2.05, 4.69) is 31.2 Å². The number of furan rings is 1. The zero-order chi connectivity index (χ0) is 14.8. The second-order valence-electron chi connectivity index (χ2n) is 5.02. The predicted molar refractivity (Wildman–Crippen MR) is 87.6 cm³/mol. The number of fused-ring (bicyclic) bond motifs is 1. The molecule has 0 aliphatic rings. The second-order valence-corrected chi connectivity index (χ2v) is 5.02. The highest BCUT2D eigenvalue weighted by Crippen LogP contribution is 2.38. The second kappa shape index (κ2) is 5.49. The quantitative estimate of drug-likeness (QED) is 0.635. The molecule has 0 spiro atoms. The van der Waals surface area contributed by atoms with E-state index in [0.29, 0.717) is 0 Å². The van der Waals surface area contributed by atoms with Crippen LogP contribution < -0.4 is 4.74 Å². The third-order valence-electron chi connectivity index (χ3n) is 3.64. The summed E-state index contributed by atoms with van der Waals surface area (Å²) in [5.74, 6) is 1.67. The van der Waals surface area contributed by atoms with Crippen molar-refractivity contribution in [3.8, 4) is 17.1 Å². The average Bonchev–Trinajstić information content (AvgIpc) is 2.85. The molecule has 0 fully saturated rings. The van der Waals surface area contributed by atoms with Crippen molar-refractivity contribution in [2.24, 2.45) is 0 Å². The third kappa shape index (κ3) is 2.33. The Hall–Kier alpha value is -2.48. The van der Waals surface area contributed by atoms with E-state index in [1.165, 1.54) is 0 Å². The predicted octanol–water partition coefficient (Wildman–Crippen LogP) is 5.45.